The molecule has 22 heavy (non-hydrogen) atoms. The number of methoxy groups -OCH3 is 1. The number of carbonyl (C=O) groups excluding carboxylic acids is 1. The van der Waals surface area contributed by atoms with Crippen LogP contribution in [0.1, 0.15) is 47.0 Å². The van der Waals surface area contributed by atoms with Crippen molar-refractivity contribution in [3.63, 3.8) is 0 Å². The average Bonchev–Trinajstić information content (AvgIpc) is 2.96. The molecule has 2 heterocycles. The summed E-state index contributed by atoms with van der Waals surface area (Å²) in [5, 5.41) is 3.58. The largest absolute Gasteiger partial charge is 0.469 e. The van der Waals surface area contributed by atoms with E-state index in [4.69, 9.17) is 14.0 Å². The van der Waals surface area contributed by atoms with Crippen LogP contribution >= 0.6 is 0 Å². The third-order valence-electron chi connectivity index (χ3n) is 6.23. The van der Waals surface area contributed by atoms with E-state index in [1.54, 1.807) is 0 Å². The maximum Gasteiger partial charge on any atom is 0.462 e. The van der Waals surface area contributed by atoms with Crippen LogP contribution in [0.25, 0.3) is 0 Å². The Bertz CT molecular complexity index is 437. The van der Waals surface area contributed by atoms with E-state index in [0.717, 1.165) is 25.8 Å². The lowest BCUT2D eigenvalue weighted by Crippen LogP contribution is -2.41. The van der Waals surface area contributed by atoms with Gasteiger partial charge in [0.15, 0.2) is 0 Å². The highest BCUT2D eigenvalue weighted by Crippen LogP contribution is 2.47. The van der Waals surface area contributed by atoms with E-state index in [1.165, 1.54) is 7.11 Å². The average molecular weight is 309 g/mol. The van der Waals surface area contributed by atoms with Crippen LogP contribution in [0.5, 0.6) is 0 Å². The van der Waals surface area contributed by atoms with Crippen molar-refractivity contribution in [3.8, 4) is 0 Å². The van der Waals surface area contributed by atoms with Gasteiger partial charge in [0, 0.05) is 11.9 Å². The molecule has 0 aromatic rings. The summed E-state index contributed by atoms with van der Waals surface area (Å²) in [6.45, 7) is 9.30. The third-order valence-corrected chi connectivity index (χ3v) is 6.23. The van der Waals surface area contributed by atoms with Crippen LogP contribution in [-0.2, 0) is 18.8 Å². The van der Waals surface area contributed by atoms with E-state index in [1.807, 2.05) is 0 Å². The molecule has 1 saturated carbocycles. The summed E-state index contributed by atoms with van der Waals surface area (Å²) in [6.07, 6.45) is 2.81. The molecule has 4 unspecified atom stereocenters. The molecule has 6 heteroatoms. The number of nitrogens with one attached hydrogen (secondary N) is 1. The predicted octanol–water partition coefficient (Wildman–Crippen LogP) is 2.01. The smallest absolute Gasteiger partial charge is 0.462 e. The van der Waals surface area contributed by atoms with Gasteiger partial charge in [-0.2, -0.15) is 0 Å². The fourth-order valence-electron chi connectivity index (χ4n) is 4.12. The zero-order valence-electron chi connectivity index (χ0n) is 14.3. The second-order valence-corrected chi connectivity index (χ2v) is 8.00. The minimum Gasteiger partial charge on any atom is -0.469 e. The van der Waals surface area contributed by atoms with Gasteiger partial charge in [-0.05, 0) is 59.4 Å². The lowest BCUT2D eigenvalue weighted by atomic mass is 9.61. The monoisotopic (exact) mass is 309 g/mol. The summed E-state index contributed by atoms with van der Waals surface area (Å²) in [5.41, 5.74) is -0.558. The molecule has 3 rings (SSSR count). The SMILES string of the molecule is COC(=O)C1CCC2C(C1)NCC2B1OC(C)(C)C(C)(C)O1. The van der Waals surface area contributed by atoms with E-state index in [9.17, 15) is 4.79 Å². The zero-order chi connectivity index (χ0) is 16.1. The quantitative estimate of drug-likeness (QED) is 0.625. The standard InChI is InChI=1S/C16H28BNO4/c1-15(2)16(3,4)22-17(21-15)12-9-18-13-8-10(14(19)20-5)6-7-11(12)13/h10-13,18H,6-9H2,1-5H3. The van der Waals surface area contributed by atoms with Crippen LogP contribution in [0.2, 0.25) is 5.82 Å². The normalized spacial score (nSPS) is 39.6. The summed E-state index contributed by atoms with van der Waals surface area (Å²) < 4.78 is 17.4. The lowest BCUT2D eigenvalue weighted by Gasteiger charge is -2.33. The zero-order valence-corrected chi connectivity index (χ0v) is 14.3. The van der Waals surface area contributed by atoms with E-state index in [2.05, 4.69) is 33.0 Å². The molecule has 124 valence electrons. The van der Waals surface area contributed by atoms with Crippen molar-refractivity contribution in [3.05, 3.63) is 0 Å². The molecule has 2 aliphatic heterocycles. The number of carbonyl (C=O) groups is 1. The molecular formula is C16H28BNO4. The molecule has 3 fully saturated rings. The van der Waals surface area contributed by atoms with E-state index < -0.39 is 0 Å². The van der Waals surface area contributed by atoms with E-state index >= 15 is 0 Å². The fourth-order valence-corrected chi connectivity index (χ4v) is 4.12. The molecule has 3 aliphatic rings. The maximum atomic E-state index is 11.8. The van der Waals surface area contributed by atoms with Crippen LogP contribution < -0.4 is 5.32 Å². The van der Waals surface area contributed by atoms with Crippen molar-refractivity contribution in [2.75, 3.05) is 13.7 Å². The van der Waals surface area contributed by atoms with Crippen molar-refractivity contribution in [2.24, 2.45) is 11.8 Å². The second kappa shape index (κ2) is 5.50. The third kappa shape index (κ3) is 2.59. The van der Waals surface area contributed by atoms with Crippen LogP contribution in [-0.4, -0.2) is 44.0 Å². The first-order chi connectivity index (χ1) is 10.2. The number of rotatable bonds is 2. The molecule has 0 radical (unpaired) electrons. The molecule has 0 aromatic carbocycles. The molecule has 0 amide bonds. The van der Waals surface area contributed by atoms with Gasteiger partial charge < -0.3 is 19.4 Å². The molecule has 1 N–H and O–H groups in total. The summed E-state index contributed by atoms with van der Waals surface area (Å²) in [4.78, 5) is 11.8. The van der Waals surface area contributed by atoms with Gasteiger partial charge in [-0.1, -0.05) is 0 Å². The highest BCUT2D eigenvalue weighted by molar-refractivity contribution is 6.47. The Kier molecular flexibility index (Phi) is 4.07. The molecule has 5 nitrogen and oxygen atoms in total. The summed E-state index contributed by atoms with van der Waals surface area (Å²) in [7, 11) is 1.33. The fraction of sp³-hybridized carbons (Fsp3) is 0.938. The Morgan fingerprint density at radius 1 is 1.18 bits per heavy atom. The number of ether oxygens (including phenoxy) is 1. The maximum absolute atomic E-state index is 11.8. The van der Waals surface area contributed by atoms with Crippen LogP contribution in [0.15, 0.2) is 0 Å². The van der Waals surface area contributed by atoms with E-state index in [-0.39, 0.29) is 30.2 Å². The topological polar surface area (TPSA) is 56.8 Å². The molecule has 1 aliphatic carbocycles. The summed E-state index contributed by atoms with van der Waals surface area (Å²) in [6, 6.07) is 0.377. The van der Waals surface area contributed by atoms with Gasteiger partial charge >= 0.3 is 13.1 Å². The van der Waals surface area contributed by atoms with E-state index in [0.29, 0.717) is 17.8 Å². The van der Waals surface area contributed by atoms with Crippen molar-refractivity contribution < 1.29 is 18.8 Å². The van der Waals surface area contributed by atoms with Crippen LogP contribution in [0.3, 0.4) is 0 Å². The van der Waals surface area contributed by atoms with Gasteiger partial charge in [0.25, 0.3) is 0 Å². The Balaban J connectivity index is 1.66. The number of hydrogen-bond donors (Lipinski definition) is 1. The van der Waals surface area contributed by atoms with Crippen molar-refractivity contribution in [2.45, 2.75) is 70.0 Å². The Labute approximate surface area is 133 Å². The molecule has 4 atom stereocenters. The van der Waals surface area contributed by atoms with Gasteiger partial charge in [-0.25, -0.2) is 0 Å². The minimum absolute atomic E-state index is 0.0378. The first kappa shape index (κ1) is 16.3. The van der Waals surface area contributed by atoms with Crippen molar-refractivity contribution in [1.29, 1.82) is 0 Å². The van der Waals surface area contributed by atoms with Crippen molar-refractivity contribution in [1.82, 2.24) is 5.32 Å². The van der Waals surface area contributed by atoms with Gasteiger partial charge in [0.1, 0.15) is 0 Å². The van der Waals surface area contributed by atoms with Gasteiger partial charge in [-0.15, -0.1) is 0 Å². The molecule has 0 aromatic heterocycles. The summed E-state index contributed by atoms with van der Waals surface area (Å²) >= 11 is 0. The lowest BCUT2D eigenvalue weighted by molar-refractivity contribution is -0.147. The molecular weight excluding hydrogens is 281 g/mol. The van der Waals surface area contributed by atoms with Gasteiger partial charge in [0.2, 0.25) is 0 Å². The first-order valence-electron chi connectivity index (χ1n) is 8.42. The highest BCUT2D eigenvalue weighted by Gasteiger charge is 2.57. The summed E-state index contributed by atoms with van der Waals surface area (Å²) in [5.74, 6) is 0.857. The second-order valence-electron chi connectivity index (χ2n) is 8.00. The van der Waals surface area contributed by atoms with Gasteiger partial charge in [0.05, 0.1) is 24.2 Å². The van der Waals surface area contributed by atoms with Crippen LogP contribution in [0.4, 0.5) is 0 Å². The van der Waals surface area contributed by atoms with Crippen molar-refractivity contribution >= 4 is 13.1 Å². The van der Waals surface area contributed by atoms with Crippen LogP contribution in [0, 0.1) is 11.8 Å². The molecule has 0 spiro atoms. The predicted molar refractivity (Wildman–Crippen MR) is 84.5 cm³/mol. The van der Waals surface area contributed by atoms with Gasteiger partial charge in [-0.3, -0.25) is 4.79 Å². The highest BCUT2D eigenvalue weighted by atomic mass is 16.7. The first-order valence-corrected chi connectivity index (χ1v) is 8.42. The number of hydrogen-bond acceptors (Lipinski definition) is 5. The number of esters is 1. The Morgan fingerprint density at radius 3 is 2.41 bits per heavy atom. The molecule has 2 saturated heterocycles. The Morgan fingerprint density at radius 2 is 1.82 bits per heavy atom. The molecule has 0 bridgehead atoms. The Hall–Kier alpha value is -0.585. The number of fused-ring (bicyclic) bond motifs is 1. The minimum atomic E-state index is -0.279.